The summed E-state index contributed by atoms with van der Waals surface area (Å²) in [5.74, 6) is -6.28. The number of nitrogens with zero attached hydrogens (tertiary/aromatic N) is 2. The molecule has 4 saturated heterocycles. The summed E-state index contributed by atoms with van der Waals surface area (Å²) in [6.07, 6.45) is -5.22. The molecule has 132 heavy (non-hydrogen) atoms. The summed E-state index contributed by atoms with van der Waals surface area (Å²) >= 11 is 6.68. The number of benzene rings is 2. The minimum Gasteiger partial charge on any atom is -0.492 e. The molecule has 44 nitrogen and oxygen atoms in total. The average Bonchev–Trinajstić information content (AvgIpc) is 1.05. The van der Waals surface area contributed by atoms with Crippen LogP contribution in [0.25, 0.3) is 0 Å². The van der Waals surface area contributed by atoms with Gasteiger partial charge in [0, 0.05) is 86.9 Å². The number of thioether (sulfide) groups is 1. The van der Waals surface area contributed by atoms with Crippen molar-refractivity contribution in [1.82, 2.24) is 36.3 Å². The average molecular weight is 1930 g/mol. The highest BCUT2D eigenvalue weighted by molar-refractivity contribution is 8.00. The molecule has 0 aliphatic carbocycles. The molecule has 46 heteroatoms. The molecule has 752 valence electrons. The normalized spacial score (nSPS) is 23.0. The fourth-order valence-corrected chi connectivity index (χ4v) is 14.9. The highest BCUT2D eigenvalue weighted by Gasteiger charge is 2.44. The number of rotatable bonds is 66. The van der Waals surface area contributed by atoms with E-state index in [1.807, 2.05) is 13.8 Å². The van der Waals surface area contributed by atoms with Crippen molar-refractivity contribution >= 4 is 99.9 Å². The molecule has 0 aromatic heterocycles. The van der Waals surface area contributed by atoms with Gasteiger partial charge in [-0.15, -0.1) is 11.8 Å². The van der Waals surface area contributed by atoms with E-state index in [1.165, 1.54) is 30.8 Å². The van der Waals surface area contributed by atoms with E-state index < -0.39 is 96.7 Å². The molecule has 4 fully saturated rings. The molecule has 0 radical (unpaired) electrons. The number of halogens is 1. The number of nitrogens with one attached hydrogen (secondary N) is 7. The number of guanidine groups is 1. The fraction of sp³-hybridized carbons (Fsp3) is 0.733. The first-order chi connectivity index (χ1) is 63.4. The van der Waals surface area contributed by atoms with E-state index in [0.717, 1.165) is 4.90 Å². The van der Waals surface area contributed by atoms with E-state index in [9.17, 15) is 73.5 Å². The summed E-state index contributed by atoms with van der Waals surface area (Å²) in [4.78, 5) is 131. The van der Waals surface area contributed by atoms with Gasteiger partial charge in [-0.1, -0.05) is 26.8 Å². The van der Waals surface area contributed by atoms with Gasteiger partial charge in [0.25, 0.3) is 5.91 Å². The molecule has 2 aromatic carbocycles. The number of carboxylic acid groups (broad SMARTS) is 1. The third-order valence-corrected chi connectivity index (χ3v) is 22.4. The van der Waals surface area contributed by atoms with Gasteiger partial charge < -0.3 is 155 Å². The molecular weight excluding hydrogens is 1780 g/mol. The van der Waals surface area contributed by atoms with Gasteiger partial charge in [-0.3, -0.25) is 52.8 Å². The summed E-state index contributed by atoms with van der Waals surface area (Å²) in [5, 5.41) is 82.6. The summed E-state index contributed by atoms with van der Waals surface area (Å²) in [6, 6.07) is 11.0. The van der Waals surface area contributed by atoms with Crippen LogP contribution in [-0.2, 0) is 114 Å². The Morgan fingerprint density at radius 2 is 0.939 bits per heavy atom. The number of aliphatic carboxylic acids is 1. The SMILES string of the molecule is CC(=O)N[C@@H]1[C@@H](O)[C@H](C)[C@@H](CO)O[C@H]1C.C[C@H]1[C@H](O)[C@@H](NC(=O)CCSC2CC(=O)N(CCC(=O)NCCOCCOCCOCCOCCOCCOCCOCCOCCOCCOCCOCCOCCC(=O)NCCOc3ccc(NC(=O)[C@H](CC(=O)O)CC(=O)CNC(=O)c4cccc(N=C(N)N)c4)cc3)C2=O)[C@H](C)O[C@@H]1CO.C[C@H]1[C@H](O)[C@@H](NCl)[C@H](C)O[C@@H]1CO. The van der Waals surface area contributed by atoms with Gasteiger partial charge in [-0.25, -0.2) is 9.83 Å². The highest BCUT2D eigenvalue weighted by atomic mass is 35.5. The Hall–Kier alpha value is -7.63. The van der Waals surface area contributed by atoms with E-state index >= 15 is 0 Å². The van der Waals surface area contributed by atoms with Gasteiger partial charge in [-0.05, 0) is 75.0 Å². The number of likely N-dealkylation sites (tertiary alicyclic amines) is 1. The van der Waals surface area contributed by atoms with E-state index in [2.05, 4.69) is 41.7 Å². The fourth-order valence-electron chi connectivity index (χ4n) is 13.5. The molecule has 0 saturated carbocycles. The zero-order chi connectivity index (χ0) is 97.0. The Balaban J connectivity index is 0.00000110. The monoisotopic (exact) mass is 1920 g/mol. The lowest BCUT2D eigenvalue weighted by molar-refractivity contribution is -0.161. The Labute approximate surface area is 779 Å². The lowest BCUT2D eigenvalue weighted by atomic mass is 9.87. The quantitative estimate of drug-likeness (QED) is 0.0115. The van der Waals surface area contributed by atoms with Crippen LogP contribution in [0.15, 0.2) is 53.5 Å². The second kappa shape index (κ2) is 69.2. The van der Waals surface area contributed by atoms with Crippen molar-refractivity contribution in [3.63, 3.8) is 0 Å². The van der Waals surface area contributed by atoms with E-state index in [1.54, 1.807) is 64.1 Å². The van der Waals surface area contributed by atoms with Gasteiger partial charge in [0.05, 0.1) is 288 Å². The number of Topliss-reactive ketones (excluding diaryl/α,β-unsaturated/α-hetero) is 1. The number of imide groups is 1. The van der Waals surface area contributed by atoms with Crippen LogP contribution in [0.4, 0.5) is 11.4 Å². The second-order valence-electron chi connectivity index (χ2n) is 31.1. The number of hydrogen-bond acceptors (Lipinski definition) is 35. The van der Waals surface area contributed by atoms with Gasteiger partial charge in [-0.2, -0.15) is 0 Å². The topological polar surface area (TPSA) is 612 Å². The molecule has 4 heterocycles. The number of ketones is 1. The predicted molar refractivity (Wildman–Crippen MR) is 480 cm³/mol. The number of amides is 8. The molecule has 4 aliphatic rings. The molecule has 17 atom stereocenters. The number of hydrogen-bond donors (Lipinski definition) is 16. The van der Waals surface area contributed by atoms with Crippen LogP contribution >= 0.6 is 23.5 Å². The first-order valence-electron chi connectivity index (χ1n) is 44.4. The summed E-state index contributed by atoms with van der Waals surface area (Å²) < 4.78 is 88.5. The first kappa shape index (κ1) is 117. The van der Waals surface area contributed by atoms with Crippen molar-refractivity contribution in [2.75, 3.05) is 222 Å². The Morgan fingerprint density at radius 3 is 1.37 bits per heavy atom. The van der Waals surface area contributed by atoms with Gasteiger partial charge in [0.15, 0.2) is 11.7 Å². The molecule has 6 rings (SSSR count). The van der Waals surface area contributed by atoms with Crippen molar-refractivity contribution in [2.45, 2.75) is 165 Å². The number of nitrogens with two attached hydrogens (primary N) is 2. The van der Waals surface area contributed by atoms with Crippen LogP contribution in [-0.4, -0.2) is 401 Å². The van der Waals surface area contributed by atoms with Crippen LogP contribution in [0.2, 0.25) is 0 Å². The zero-order valence-corrected chi connectivity index (χ0v) is 78.2. The van der Waals surface area contributed by atoms with Gasteiger partial charge in [0.2, 0.25) is 41.4 Å². The van der Waals surface area contributed by atoms with Crippen LogP contribution in [0.1, 0.15) is 97.3 Å². The smallest absolute Gasteiger partial charge is 0.304 e. The van der Waals surface area contributed by atoms with Gasteiger partial charge >= 0.3 is 5.97 Å². The molecule has 8 amide bonds. The van der Waals surface area contributed by atoms with E-state index in [4.69, 9.17) is 109 Å². The summed E-state index contributed by atoms with van der Waals surface area (Å²) in [5.41, 5.74) is 11.6. The Kier molecular flexibility index (Phi) is 61.2. The van der Waals surface area contributed by atoms with Crippen molar-refractivity contribution in [3.8, 4) is 5.75 Å². The third-order valence-electron chi connectivity index (χ3n) is 21.0. The number of carbonyl (C=O) groups is 10. The highest BCUT2D eigenvalue weighted by Crippen LogP contribution is 2.30. The zero-order valence-electron chi connectivity index (χ0n) is 76.6. The lowest BCUT2D eigenvalue weighted by Gasteiger charge is -2.42. The van der Waals surface area contributed by atoms with Crippen LogP contribution in [0.3, 0.4) is 0 Å². The molecule has 18 N–H and O–H groups in total. The molecule has 4 aliphatic heterocycles. The lowest BCUT2D eigenvalue weighted by Crippen LogP contribution is -2.60. The number of carbonyl (C=O) groups excluding carboxylic acids is 9. The minimum atomic E-state index is -1.28. The second-order valence-corrected chi connectivity index (χ2v) is 32.6. The minimum absolute atomic E-state index is 0.00902. The standard InChI is InChI=1S/C68H107N9O26S.C10H19NO4.C8H16ClNO3/c1-48-56(47-78)103-49(2)63(64(48)86)76-60(82)12-41-104-57-45-61(83)77(67(57)89)15-10-58(80)71-13-17-91-20-22-93-24-26-95-28-30-97-32-34-99-36-38-101-40-39-100-37-35-98-33-31-96-29-27-94-25-23-92-21-19-90-16-11-59(81)72-14-18-102-55-8-6-52(7-9-55)74-66(88)51(44-62(84)85)43-54(79)46-73-65(87)50-4-3-5-53(42-50)75-68(69)70;1-5-8(4-12)15-6(2)9(10(5)14)11-7(3)13;1-4-6(3-11)13-5(2)7(10-9)8(4)12/h3-9,42,48-49,51,56-57,63-64,78,86H,10-41,43-47H2,1-2H3,(H,71,80)(H,72,81)(H,73,87)(H,74,88)(H,76,82)(H,84,85)(H4,69,70,75);5-6,8-10,12,14H,4H2,1-3H3,(H,11,13);4-8,10-12H,3H2,1-2H3/t48-,49+,51+,56-,57?,63+,64+;5-,6+,8-,9+,10+;4-,5+,6-,7+,8+/m111/s1. The molecule has 1 unspecified atom stereocenters. The molecular formula is C86H142ClN11O33S. The van der Waals surface area contributed by atoms with Crippen molar-refractivity contribution in [2.24, 2.45) is 40.1 Å². The third kappa shape index (κ3) is 48.2. The number of aliphatic imine (C=N–C) groups is 1. The number of aliphatic hydroxyl groups excluding tert-OH is 6. The van der Waals surface area contributed by atoms with Crippen molar-refractivity contribution in [1.29, 1.82) is 0 Å². The molecule has 2 aromatic rings. The largest absolute Gasteiger partial charge is 0.492 e. The van der Waals surface area contributed by atoms with Crippen molar-refractivity contribution in [3.05, 3.63) is 54.1 Å². The maximum Gasteiger partial charge on any atom is 0.304 e. The molecule has 0 bridgehead atoms. The predicted octanol–water partition coefficient (Wildman–Crippen LogP) is -1.74. The maximum absolute atomic E-state index is 13.0. The van der Waals surface area contributed by atoms with Crippen molar-refractivity contribution < 1.29 is 159 Å². The molecule has 0 spiro atoms. The number of carboxylic acids is 1. The number of ether oxygens (including phenoxy) is 16. The van der Waals surface area contributed by atoms with E-state index in [0.29, 0.717) is 162 Å². The van der Waals surface area contributed by atoms with Crippen LogP contribution < -0.4 is 52.9 Å². The van der Waals surface area contributed by atoms with Gasteiger partial charge in [0.1, 0.15) is 12.4 Å². The first-order valence-corrected chi connectivity index (χ1v) is 45.8. The summed E-state index contributed by atoms with van der Waals surface area (Å²) in [6.45, 7) is 21.0. The number of aliphatic hydroxyl groups is 6. The Morgan fingerprint density at radius 1 is 0.523 bits per heavy atom. The summed E-state index contributed by atoms with van der Waals surface area (Å²) in [7, 11) is 0. The maximum atomic E-state index is 13.0. The number of anilines is 1. The van der Waals surface area contributed by atoms with Crippen LogP contribution in [0, 0.1) is 23.7 Å². The van der Waals surface area contributed by atoms with E-state index in [-0.39, 0.29) is 186 Å². The van der Waals surface area contributed by atoms with Crippen LogP contribution in [0.5, 0.6) is 5.75 Å². The Bertz CT molecular complexity index is 3650.